The first-order valence-corrected chi connectivity index (χ1v) is 7.20. The predicted molar refractivity (Wildman–Crippen MR) is 85.2 cm³/mol. The van der Waals surface area contributed by atoms with Gasteiger partial charge in [0.15, 0.2) is 0 Å². The van der Waals surface area contributed by atoms with Crippen molar-refractivity contribution < 1.29 is 4.79 Å². The summed E-state index contributed by atoms with van der Waals surface area (Å²) in [4.78, 5) is 12.8. The van der Waals surface area contributed by atoms with E-state index >= 15 is 0 Å². The molecule has 0 saturated heterocycles. The second-order valence-electron chi connectivity index (χ2n) is 3.99. The van der Waals surface area contributed by atoms with Gasteiger partial charge in [0.05, 0.1) is 21.6 Å². The van der Waals surface area contributed by atoms with Crippen molar-refractivity contribution in [2.45, 2.75) is 11.3 Å². The van der Waals surface area contributed by atoms with E-state index in [2.05, 4.69) is 33.9 Å². The van der Waals surface area contributed by atoms with Crippen molar-refractivity contribution in [3.63, 3.8) is 0 Å². The number of hydrogen-bond donors (Lipinski definition) is 2. The molecule has 5 heteroatoms. The Bertz CT molecular complexity index is 601. The van der Waals surface area contributed by atoms with Crippen LogP contribution in [0.1, 0.15) is 5.56 Å². The van der Waals surface area contributed by atoms with Gasteiger partial charge in [-0.15, -0.1) is 12.6 Å². The number of carbonyl (C=O) groups excluding carboxylic acids is 1. The first-order chi connectivity index (χ1) is 9.06. The number of rotatable bonds is 3. The lowest BCUT2D eigenvalue weighted by molar-refractivity contribution is -0.115. The molecule has 0 aliphatic heterocycles. The molecule has 0 spiro atoms. The lowest BCUT2D eigenvalue weighted by Crippen LogP contribution is -2.14. The molecule has 0 bridgehead atoms. The number of nitrogens with one attached hydrogen (secondary N) is 1. The van der Waals surface area contributed by atoms with Crippen molar-refractivity contribution in [3.05, 3.63) is 57.5 Å². The minimum atomic E-state index is -0.0881. The average molecular weight is 357 g/mol. The molecule has 0 unspecified atom stereocenters. The number of amides is 1. The van der Waals surface area contributed by atoms with E-state index in [9.17, 15) is 4.79 Å². The standard InChI is InChI=1S/C14H11BrClNOS/c15-14-11(16)2-1-3-12(14)17-13(18)8-9-4-6-10(19)7-5-9/h1-7,19H,8H2,(H,17,18). The molecule has 2 rings (SSSR count). The van der Waals surface area contributed by atoms with Gasteiger partial charge in [-0.05, 0) is 45.8 Å². The van der Waals surface area contributed by atoms with Crippen LogP contribution in [0, 0.1) is 0 Å². The Hall–Kier alpha value is -0.970. The largest absolute Gasteiger partial charge is 0.325 e. The molecule has 0 heterocycles. The molecule has 1 amide bonds. The summed E-state index contributed by atoms with van der Waals surface area (Å²) in [5.41, 5.74) is 1.61. The first kappa shape index (κ1) is 14.4. The fraction of sp³-hybridized carbons (Fsp3) is 0.0714. The number of carbonyl (C=O) groups is 1. The Morgan fingerprint density at radius 3 is 2.58 bits per heavy atom. The van der Waals surface area contributed by atoms with E-state index < -0.39 is 0 Å². The van der Waals surface area contributed by atoms with Crippen molar-refractivity contribution in [3.8, 4) is 0 Å². The second-order valence-corrected chi connectivity index (χ2v) is 5.71. The van der Waals surface area contributed by atoms with Gasteiger partial charge in [-0.1, -0.05) is 29.8 Å². The van der Waals surface area contributed by atoms with E-state index in [0.29, 0.717) is 21.6 Å². The van der Waals surface area contributed by atoms with E-state index in [4.69, 9.17) is 11.6 Å². The number of thiol groups is 1. The highest BCUT2D eigenvalue weighted by atomic mass is 79.9. The maximum absolute atomic E-state index is 11.9. The van der Waals surface area contributed by atoms with E-state index in [1.807, 2.05) is 24.3 Å². The molecule has 0 saturated carbocycles. The lowest BCUT2D eigenvalue weighted by atomic mass is 10.1. The number of hydrogen-bond acceptors (Lipinski definition) is 2. The molecular weight excluding hydrogens is 346 g/mol. The molecule has 2 aromatic rings. The molecule has 0 atom stereocenters. The molecule has 98 valence electrons. The Kier molecular flexibility index (Phi) is 4.91. The molecule has 19 heavy (non-hydrogen) atoms. The van der Waals surface area contributed by atoms with Crippen LogP contribution in [0.15, 0.2) is 51.8 Å². The Balaban J connectivity index is 2.05. The number of benzene rings is 2. The maximum Gasteiger partial charge on any atom is 0.228 e. The summed E-state index contributed by atoms with van der Waals surface area (Å²) in [7, 11) is 0. The van der Waals surface area contributed by atoms with Gasteiger partial charge in [-0.2, -0.15) is 0 Å². The summed E-state index contributed by atoms with van der Waals surface area (Å²) in [5.74, 6) is -0.0881. The molecular formula is C14H11BrClNOS. The summed E-state index contributed by atoms with van der Waals surface area (Å²) >= 11 is 13.5. The third-order valence-corrected chi connectivity index (χ3v) is 4.22. The fourth-order valence-electron chi connectivity index (χ4n) is 1.59. The number of halogens is 2. The van der Waals surface area contributed by atoms with Gasteiger partial charge in [0, 0.05) is 4.90 Å². The third-order valence-electron chi connectivity index (χ3n) is 2.53. The third kappa shape index (κ3) is 4.00. The van der Waals surface area contributed by atoms with Crippen LogP contribution in [0.25, 0.3) is 0 Å². The molecule has 2 aromatic carbocycles. The zero-order chi connectivity index (χ0) is 13.8. The predicted octanol–water partition coefficient (Wildman–Crippen LogP) is 4.57. The van der Waals surface area contributed by atoms with Crippen LogP contribution >= 0.6 is 40.2 Å². The zero-order valence-corrected chi connectivity index (χ0v) is 13.1. The van der Waals surface area contributed by atoms with E-state index in [1.165, 1.54) is 0 Å². The van der Waals surface area contributed by atoms with Gasteiger partial charge < -0.3 is 5.32 Å². The SMILES string of the molecule is O=C(Cc1ccc(S)cc1)Nc1cccc(Cl)c1Br. The van der Waals surface area contributed by atoms with Crippen LogP contribution in [0.3, 0.4) is 0 Å². The van der Waals surface area contributed by atoms with Gasteiger partial charge in [0.25, 0.3) is 0 Å². The quantitative estimate of drug-likeness (QED) is 0.775. The topological polar surface area (TPSA) is 29.1 Å². The lowest BCUT2D eigenvalue weighted by Gasteiger charge is -2.08. The van der Waals surface area contributed by atoms with Gasteiger partial charge >= 0.3 is 0 Å². The highest BCUT2D eigenvalue weighted by molar-refractivity contribution is 9.10. The molecule has 0 aliphatic carbocycles. The van der Waals surface area contributed by atoms with Crippen LogP contribution in [0.5, 0.6) is 0 Å². The van der Waals surface area contributed by atoms with Crippen molar-refractivity contribution in [2.24, 2.45) is 0 Å². The van der Waals surface area contributed by atoms with E-state index in [-0.39, 0.29) is 5.91 Å². The van der Waals surface area contributed by atoms with Crippen molar-refractivity contribution in [2.75, 3.05) is 5.32 Å². The van der Waals surface area contributed by atoms with Gasteiger partial charge in [0.2, 0.25) is 5.91 Å². The van der Waals surface area contributed by atoms with Gasteiger partial charge in [-0.25, -0.2) is 0 Å². The Morgan fingerprint density at radius 1 is 1.21 bits per heavy atom. The smallest absolute Gasteiger partial charge is 0.228 e. The first-order valence-electron chi connectivity index (χ1n) is 5.58. The minimum absolute atomic E-state index is 0.0881. The van der Waals surface area contributed by atoms with Crippen LogP contribution in [-0.4, -0.2) is 5.91 Å². The second kappa shape index (κ2) is 6.46. The minimum Gasteiger partial charge on any atom is -0.325 e. The summed E-state index contributed by atoms with van der Waals surface area (Å²) < 4.78 is 0.690. The van der Waals surface area contributed by atoms with Crippen molar-refractivity contribution in [1.29, 1.82) is 0 Å². The highest BCUT2D eigenvalue weighted by Crippen LogP contribution is 2.30. The molecule has 0 aromatic heterocycles. The summed E-state index contributed by atoms with van der Waals surface area (Å²) in [6.07, 6.45) is 0.313. The highest BCUT2D eigenvalue weighted by Gasteiger charge is 2.08. The van der Waals surface area contributed by atoms with Crippen LogP contribution < -0.4 is 5.32 Å². The van der Waals surface area contributed by atoms with Crippen molar-refractivity contribution >= 4 is 51.8 Å². The van der Waals surface area contributed by atoms with Crippen LogP contribution in [-0.2, 0) is 11.2 Å². The summed E-state index contributed by atoms with van der Waals surface area (Å²) in [6, 6.07) is 12.8. The average Bonchev–Trinajstić information content (AvgIpc) is 2.38. The monoisotopic (exact) mass is 355 g/mol. The summed E-state index contributed by atoms with van der Waals surface area (Å²) in [6.45, 7) is 0. The molecule has 0 radical (unpaired) electrons. The van der Waals surface area contributed by atoms with Gasteiger partial charge in [0.1, 0.15) is 0 Å². The maximum atomic E-state index is 11.9. The Labute approximate surface area is 130 Å². The molecule has 0 aliphatic rings. The molecule has 1 N–H and O–H groups in total. The summed E-state index contributed by atoms with van der Waals surface area (Å²) in [5, 5.41) is 3.39. The van der Waals surface area contributed by atoms with E-state index in [0.717, 1.165) is 10.5 Å². The molecule has 2 nitrogen and oxygen atoms in total. The van der Waals surface area contributed by atoms with Crippen LogP contribution in [0.2, 0.25) is 5.02 Å². The van der Waals surface area contributed by atoms with Gasteiger partial charge in [-0.3, -0.25) is 4.79 Å². The molecule has 0 fully saturated rings. The Morgan fingerprint density at radius 2 is 1.89 bits per heavy atom. The number of anilines is 1. The van der Waals surface area contributed by atoms with Crippen molar-refractivity contribution in [1.82, 2.24) is 0 Å². The fourth-order valence-corrected chi connectivity index (χ4v) is 2.28. The normalized spacial score (nSPS) is 10.3. The zero-order valence-electron chi connectivity index (χ0n) is 9.86. The van der Waals surface area contributed by atoms with Crippen LogP contribution in [0.4, 0.5) is 5.69 Å². The van der Waals surface area contributed by atoms with E-state index in [1.54, 1.807) is 18.2 Å².